The lowest BCUT2D eigenvalue weighted by molar-refractivity contribution is 0.597. The zero-order chi connectivity index (χ0) is 19.9. The number of sulfonamides is 1. The number of benzene rings is 3. The molecular weight excluding hydrogens is 398 g/mol. The molecule has 0 radical (unpaired) electrons. The van der Waals surface area contributed by atoms with Crippen molar-refractivity contribution >= 4 is 32.6 Å². The van der Waals surface area contributed by atoms with E-state index in [2.05, 4.69) is 0 Å². The third kappa shape index (κ3) is 3.33. The number of nitrogens with two attached hydrogens (primary N) is 1. The van der Waals surface area contributed by atoms with Gasteiger partial charge in [0.05, 0.1) is 15.8 Å². The van der Waals surface area contributed by atoms with E-state index in [4.69, 9.17) is 21.2 Å². The SMILES string of the molecule is NS(=O)(=O)c1ccc(-c2oc3ccccc3c(=O)c2-c2ccc(Cl)cc2)cc1. The van der Waals surface area contributed by atoms with E-state index < -0.39 is 10.0 Å². The number of rotatable bonds is 3. The molecule has 4 aromatic rings. The van der Waals surface area contributed by atoms with Gasteiger partial charge in [-0.25, -0.2) is 13.6 Å². The smallest absolute Gasteiger partial charge is 0.238 e. The molecule has 0 saturated carbocycles. The first-order chi connectivity index (χ1) is 13.3. The molecule has 0 atom stereocenters. The van der Waals surface area contributed by atoms with Crippen molar-refractivity contribution in [1.82, 2.24) is 0 Å². The Hall–Kier alpha value is -2.93. The maximum absolute atomic E-state index is 13.2. The highest BCUT2D eigenvalue weighted by Gasteiger charge is 2.18. The van der Waals surface area contributed by atoms with E-state index in [9.17, 15) is 13.2 Å². The van der Waals surface area contributed by atoms with Gasteiger partial charge in [0.1, 0.15) is 11.3 Å². The Bertz CT molecular complexity index is 1340. The Labute approximate surface area is 166 Å². The summed E-state index contributed by atoms with van der Waals surface area (Å²) in [5, 5.41) is 6.17. The van der Waals surface area contributed by atoms with Gasteiger partial charge in [0, 0.05) is 10.6 Å². The molecule has 7 heteroatoms. The lowest BCUT2D eigenvalue weighted by atomic mass is 9.98. The van der Waals surface area contributed by atoms with Gasteiger partial charge in [0.15, 0.2) is 0 Å². The fraction of sp³-hybridized carbons (Fsp3) is 0. The fourth-order valence-electron chi connectivity index (χ4n) is 3.02. The van der Waals surface area contributed by atoms with E-state index >= 15 is 0 Å². The van der Waals surface area contributed by atoms with Crippen molar-refractivity contribution in [1.29, 1.82) is 0 Å². The van der Waals surface area contributed by atoms with Crippen LogP contribution < -0.4 is 10.6 Å². The monoisotopic (exact) mass is 411 g/mol. The third-order valence-corrected chi connectivity index (χ3v) is 5.56. The molecule has 2 N–H and O–H groups in total. The van der Waals surface area contributed by atoms with Gasteiger partial charge >= 0.3 is 0 Å². The Morgan fingerprint density at radius 2 is 1.43 bits per heavy atom. The molecule has 0 unspecified atom stereocenters. The average molecular weight is 412 g/mol. The minimum absolute atomic E-state index is 0.0209. The van der Waals surface area contributed by atoms with E-state index in [0.29, 0.717) is 38.4 Å². The van der Waals surface area contributed by atoms with Gasteiger partial charge in [0.25, 0.3) is 0 Å². The lowest BCUT2D eigenvalue weighted by Gasteiger charge is -2.11. The molecule has 0 aliphatic heterocycles. The number of para-hydroxylation sites is 1. The van der Waals surface area contributed by atoms with E-state index in [0.717, 1.165) is 0 Å². The molecule has 5 nitrogen and oxygen atoms in total. The van der Waals surface area contributed by atoms with Crippen molar-refractivity contribution in [2.75, 3.05) is 0 Å². The second kappa shape index (κ2) is 6.91. The summed E-state index contributed by atoms with van der Waals surface area (Å²) in [5.74, 6) is 0.340. The molecule has 0 amide bonds. The van der Waals surface area contributed by atoms with Gasteiger partial charge in [-0.05, 0) is 54.1 Å². The van der Waals surface area contributed by atoms with E-state index in [1.807, 2.05) is 0 Å². The summed E-state index contributed by atoms with van der Waals surface area (Å²) in [6, 6.07) is 19.7. The average Bonchev–Trinajstić information content (AvgIpc) is 2.68. The zero-order valence-corrected chi connectivity index (χ0v) is 16.0. The van der Waals surface area contributed by atoms with Crippen LogP contribution in [0.25, 0.3) is 33.4 Å². The normalized spacial score (nSPS) is 11.6. The standard InChI is InChI=1S/C21H14ClNO4S/c22-15-9-5-13(6-10-15)19-20(24)17-3-1-2-4-18(17)27-21(19)14-7-11-16(12-8-14)28(23,25)26/h1-12H,(H2,23,25,26). The van der Waals surface area contributed by atoms with Crippen LogP contribution in [0.3, 0.4) is 0 Å². The van der Waals surface area contributed by atoms with Gasteiger partial charge in [-0.3, -0.25) is 4.79 Å². The molecule has 1 aromatic heterocycles. The maximum Gasteiger partial charge on any atom is 0.238 e. The van der Waals surface area contributed by atoms with Crippen molar-refractivity contribution in [2.24, 2.45) is 5.14 Å². The van der Waals surface area contributed by atoms with Gasteiger partial charge < -0.3 is 4.42 Å². The summed E-state index contributed by atoms with van der Waals surface area (Å²) in [6.45, 7) is 0. The van der Waals surface area contributed by atoms with Crippen molar-refractivity contribution in [3.8, 4) is 22.5 Å². The Balaban J connectivity index is 2.03. The van der Waals surface area contributed by atoms with Crippen LogP contribution in [-0.2, 0) is 10.0 Å². The molecule has 0 spiro atoms. The first-order valence-electron chi connectivity index (χ1n) is 8.29. The van der Waals surface area contributed by atoms with Crippen molar-refractivity contribution in [3.63, 3.8) is 0 Å². The molecule has 28 heavy (non-hydrogen) atoms. The van der Waals surface area contributed by atoms with Crippen LogP contribution in [0.4, 0.5) is 0 Å². The minimum atomic E-state index is -3.82. The van der Waals surface area contributed by atoms with Gasteiger partial charge in [-0.1, -0.05) is 35.9 Å². The molecule has 0 aliphatic rings. The quantitative estimate of drug-likeness (QED) is 0.540. The lowest BCUT2D eigenvalue weighted by Crippen LogP contribution is -2.12. The highest BCUT2D eigenvalue weighted by Crippen LogP contribution is 2.33. The summed E-state index contributed by atoms with van der Waals surface area (Å²) in [4.78, 5) is 13.2. The fourth-order valence-corrected chi connectivity index (χ4v) is 3.66. The van der Waals surface area contributed by atoms with Gasteiger partial charge in [0.2, 0.25) is 15.5 Å². The van der Waals surface area contributed by atoms with Crippen LogP contribution in [0.15, 0.2) is 86.9 Å². The molecule has 4 rings (SSSR count). The maximum atomic E-state index is 13.2. The van der Waals surface area contributed by atoms with Gasteiger partial charge in [-0.15, -0.1) is 0 Å². The highest BCUT2D eigenvalue weighted by atomic mass is 35.5. The van der Waals surface area contributed by atoms with Gasteiger partial charge in [-0.2, -0.15) is 0 Å². The molecule has 0 fully saturated rings. The number of halogens is 1. The largest absolute Gasteiger partial charge is 0.455 e. The first-order valence-corrected chi connectivity index (χ1v) is 10.2. The summed E-state index contributed by atoms with van der Waals surface area (Å²) in [6.07, 6.45) is 0. The predicted molar refractivity (Wildman–Crippen MR) is 110 cm³/mol. The number of hydrogen-bond acceptors (Lipinski definition) is 4. The van der Waals surface area contributed by atoms with Crippen LogP contribution in [0.5, 0.6) is 0 Å². The minimum Gasteiger partial charge on any atom is -0.455 e. The number of hydrogen-bond donors (Lipinski definition) is 1. The molecule has 1 heterocycles. The van der Waals surface area contributed by atoms with Crippen LogP contribution in [0.1, 0.15) is 0 Å². The molecule has 0 aliphatic carbocycles. The summed E-state index contributed by atoms with van der Waals surface area (Å²) in [7, 11) is -3.82. The van der Waals surface area contributed by atoms with Crippen molar-refractivity contribution in [2.45, 2.75) is 4.90 Å². The Kier molecular flexibility index (Phi) is 4.55. The molecular formula is C21H14ClNO4S. The Morgan fingerprint density at radius 1 is 0.821 bits per heavy atom. The highest BCUT2D eigenvalue weighted by molar-refractivity contribution is 7.89. The zero-order valence-electron chi connectivity index (χ0n) is 14.4. The Morgan fingerprint density at radius 3 is 2.07 bits per heavy atom. The van der Waals surface area contributed by atoms with E-state index in [-0.39, 0.29) is 10.3 Å². The van der Waals surface area contributed by atoms with Crippen LogP contribution in [0, 0.1) is 0 Å². The van der Waals surface area contributed by atoms with Crippen molar-refractivity contribution in [3.05, 3.63) is 88.0 Å². The first kappa shape index (κ1) is 18.4. The van der Waals surface area contributed by atoms with Crippen molar-refractivity contribution < 1.29 is 12.8 Å². The topological polar surface area (TPSA) is 90.4 Å². The molecule has 0 saturated heterocycles. The third-order valence-electron chi connectivity index (χ3n) is 4.38. The van der Waals surface area contributed by atoms with Crippen LogP contribution in [0.2, 0.25) is 5.02 Å². The van der Waals surface area contributed by atoms with E-state index in [1.54, 1.807) is 60.7 Å². The predicted octanol–water partition coefficient (Wildman–Crippen LogP) is 4.43. The molecule has 3 aromatic carbocycles. The summed E-state index contributed by atoms with van der Waals surface area (Å²) in [5.41, 5.74) is 1.83. The number of primary sulfonamides is 1. The number of fused-ring (bicyclic) bond motifs is 1. The van der Waals surface area contributed by atoms with Crippen LogP contribution >= 0.6 is 11.6 Å². The van der Waals surface area contributed by atoms with Crippen LogP contribution in [-0.4, -0.2) is 8.42 Å². The second-order valence-corrected chi connectivity index (χ2v) is 8.21. The molecule has 140 valence electrons. The summed E-state index contributed by atoms with van der Waals surface area (Å²) < 4.78 is 29.1. The summed E-state index contributed by atoms with van der Waals surface area (Å²) >= 11 is 5.98. The second-order valence-electron chi connectivity index (χ2n) is 6.21. The molecule has 0 bridgehead atoms. The van der Waals surface area contributed by atoms with E-state index in [1.165, 1.54) is 12.1 Å².